The standard InChI is InChI=1S/C16H20N2O4S/c1-10-4-5-12-13(8-10)16(21)18(15(12)20)7-6-14(19)17-9-11(2)23(3)22/h4-5,8,11H,6-7,9H2,1-3H3,(H,17,19)/t11-,23+/m0/s1. The first-order chi connectivity index (χ1) is 10.8. The van der Waals surface area contributed by atoms with Gasteiger partial charge in [-0.1, -0.05) is 11.6 Å². The molecule has 7 heteroatoms. The van der Waals surface area contributed by atoms with Crippen molar-refractivity contribution < 1.29 is 18.6 Å². The summed E-state index contributed by atoms with van der Waals surface area (Å²) in [6.45, 7) is 3.99. The Labute approximate surface area is 137 Å². The minimum atomic E-state index is -1.01. The van der Waals surface area contributed by atoms with E-state index in [0.29, 0.717) is 17.7 Å². The Morgan fingerprint density at radius 2 is 1.91 bits per heavy atom. The molecule has 0 fully saturated rings. The van der Waals surface area contributed by atoms with Crippen molar-refractivity contribution in [2.24, 2.45) is 0 Å². The number of hydrogen-bond acceptors (Lipinski definition) is 4. The number of carbonyl (C=O) groups is 3. The minimum Gasteiger partial charge on any atom is -0.355 e. The molecule has 124 valence electrons. The quantitative estimate of drug-likeness (QED) is 0.781. The summed E-state index contributed by atoms with van der Waals surface area (Å²) < 4.78 is 11.2. The molecule has 1 aromatic rings. The molecule has 23 heavy (non-hydrogen) atoms. The molecule has 0 aliphatic carbocycles. The number of nitrogens with zero attached hydrogens (tertiary/aromatic N) is 1. The van der Waals surface area contributed by atoms with E-state index in [2.05, 4.69) is 5.32 Å². The van der Waals surface area contributed by atoms with Crippen LogP contribution in [0.1, 0.15) is 39.6 Å². The third kappa shape index (κ3) is 3.85. The Balaban J connectivity index is 1.92. The SMILES string of the molecule is Cc1ccc2c(c1)C(=O)N(CCC(=O)NC[C@H](C)[S@@](C)=O)C2=O. The Morgan fingerprint density at radius 3 is 2.57 bits per heavy atom. The van der Waals surface area contributed by atoms with Crippen molar-refractivity contribution in [3.63, 3.8) is 0 Å². The molecular weight excluding hydrogens is 316 g/mol. The second-order valence-electron chi connectivity index (χ2n) is 5.67. The van der Waals surface area contributed by atoms with Gasteiger partial charge in [0.15, 0.2) is 0 Å². The van der Waals surface area contributed by atoms with Crippen molar-refractivity contribution in [1.29, 1.82) is 0 Å². The highest BCUT2D eigenvalue weighted by Crippen LogP contribution is 2.23. The number of nitrogens with one attached hydrogen (secondary N) is 1. The molecule has 2 rings (SSSR count). The number of fused-ring (bicyclic) bond motifs is 1. The summed E-state index contributed by atoms with van der Waals surface area (Å²) >= 11 is 0. The molecule has 1 aliphatic heterocycles. The highest BCUT2D eigenvalue weighted by atomic mass is 32.2. The minimum absolute atomic E-state index is 0.0352. The number of rotatable bonds is 6. The number of benzene rings is 1. The lowest BCUT2D eigenvalue weighted by atomic mass is 10.1. The first-order valence-electron chi connectivity index (χ1n) is 7.37. The lowest BCUT2D eigenvalue weighted by molar-refractivity contribution is -0.121. The predicted molar refractivity (Wildman–Crippen MR) is 87.7 cm³/mol. The molecule has 0 saturated heterocycles. The molecule has 1 heterocycles. The van der Waals surface area contributed by atoms with Gasteiger partial charge in [0.05, 0.1) is 11.1 Å². The van der Waals surface area contributed by atoms with E-state index in [9.17, 15) is 18.6 Å². The topological polar surface area (TPSA) is 83.6 Å². The number of amides is 3. The van der Waals surface area contributed by atoms with Gasteiger partial charge in [0.1, 0.15) is 0 Å². The monoisotopic (exact) mass is 336 g/mol. The lowest BCUT2D eigenvalue weighted by Gasteiger charge is -2.14. The largest absolute Gasteiger partial charge is 0.355 e. The van der Waals surface area contributed by atoms with Gasteiger partial charge in [-0.2, -0.15) is 0 Å². The van der Waals surface area contributed by atoms with Crippen molar-refractivity contribution >= 4 is 28.5 Å². The summed E-state index contributed by atoms with van der Waals surface area (Å²) in [7, 11) is -1.01. The zero-order chi connectivity index (χ0) is 17.1. The zero-order valence-electron chi connectivity index (χ0n) is 13.4. The average molecular weight is 336 g/mol. The van der Waals surface area contributed by atoms with Gasteiger partial charge in [0, 0.05) is 41.8 Å². The fourth-order valence-electron chi connectivity index (χ4n) is 2.28. The normalized spacial score (nSPS) is 16.2. The van der Waals surface area contributed by atoms with Crippen LogP contribution in [0.4, 0.5) is 0 Å². The first kappa shape index (κ1) is 17.3. The molecule has 1 aliphatic rings. The highest BCUT2D eigenvalue weighted by Gasteiger charge is 2.35. The summed E-state index contributed by atoms with van der Waals surface area (Å²) in [5.74, 6) is -0.986. The van der Waals surface area contributed by atoms with Crippen molar-refractivity contribution in [2.45, 2.75) is 25.5 Å². The van der Waals surface area contributed by atoms with Gasteiger partial charge >= 0.3 is 0 Å². The summed E-state index contributed by atoms with van der Waals surface area (Å²) in [6, 6.07) is 5.11. The molecule has 0 aromatic heterocycles. The highest BCUT2D eigenvalue weighted by molar-refractivity contribution is 7.84. The van der Waals surface area contributed by atoms with Crippen molar-refractivity contribution in [3.8, 4) is 0 Å². The van der Waals surface area contributed by atoms with Gasteiger partial charge in [-0.3, -0.25) is 23.5 Å². The van der Waals surface area contributed by atoms with Crippen LogP contribution in [0.25, 0.3) is 0 Å². The molecule has 3 amide bonds. The molecule has 0 bridgehead atoms. The number of hydrogen-bond donors (Lipinski definition) is 1. The van der Waals surface area contributed by atoms with Gasteiger partial charge in [-0.25, -0.2) is 0 Å². The van der Waals surface area contributed by atoms with Crippen LogP contribution in [0.3, 0.4) is 0 Å². The number of imide groups is 1. The summed E-state index contributed by atoms with van der Waals surface area (Å²) in [5.41, 5.74) is 1.69. The maximum absolute atomic E-state index is 12.3. The molecule has 0 radical (unpaired) electrons. The van der Waals surface area contributed by atoms with Crippen LogP contribution < -0.4 is 5.32 Å². The molecule has 2 atom stereocenters. The summed E-state index contributed by atoms with van der Waals surface area (Å²) in [6.07, 6.45) is 1.62. The van der Waals surface area contributed by atoms with E-state index in [4.69, 9.17) is 0 Å². The van der Waals surface area contributed by atoms with Gasteiger partial charge in [0.2, 0.25) is 5.91 Å². The molecule has 0 spiro atoms. The molecular formula is C16H20N2O4S. The molecule has 1 aromatic carbocycles. The first-order valence-corrected chi connectivity index (χ1v) is 8.99. The van der Waals surface area contributed by atoms with E-state index in [1.165, 1.54) is 0 Å². The van der Waals surface area contributed by atoms with E-state index >= 15 is 0 Å². The fourth-order valence-corrected chi connectivity index (χ4v) is 2.60. The van der Waals surface area contributed by atoms with Crippen LogP contribution >= 0.6 is 0 Å². The van der Waals surface area contributed by atoms with Gasteiger partial charge in [-0.05, 0) is 26.0 Å². The van der Waals surface area contributed by atoms with Crippen LogP contribution in [0.15, 0.2) is 18.2 Å². The smallest absolute Gasteiger partial charge is 0.261 e. The number of aryl methyl sites for hydroxylation is 1. The van der Waals surface area contributed by atoms with Crippen molar-refractivity contribution in [2.75, 3.05) is 19.3 Å². The Morgan fingerprint density at radius 1 is 1.26 bits per heavy atom. The van der Waals surface area contributed by atoms with Crippen molar-refractivity contribution in [1.82, 2.24) is 10.2 Å². The third-order valence-corrected chi connectivity index (χ3v) is 5.14. The second kappa shape index (κ2) is 7.04. The van der Waals surface area contributed by atoms with E-state index in [1.54, 1.807) is 31.4 Å². The lowest BCUT2D eigenvalue weighted by Crippen LogP contribution is -2.37. The van der Waals surface area contributed by atoms with Gasteiger partial charge < -0.3 is 5.32 Å². The van der Waals surface area contributed by atoms with Gasteiger partial charge in [0.25, 0.3) is 11.8 Å². The van der Waals surface area contributed by atoms with Crippen LogP contribution in [-0.4, -0.2) is 51.4 Å². The maximum atomic E-state index is 12.3. The molecule has 6 nitrogen and oxygen atoms in total. The van der Waals surface area contributed by atoms with Crippen LogP contribution in [0.2, 0.25) is 0 Å². The zero-order valence-corrected chi connectivity index (χ0v) is 14.2. The fraction of sp³-hybridized carbons (Fsp3) is 0.438. The van der Waals surface area contributed by atoms with E-state index in [1.807, 2.05) is 6.92 Å². The molecule has 1 N–H and O–H groups in total. The van der Waals surface area contributed by atoms with E-state index < -0.39 is 10.8 Å². The Hall–Kier alpha value is -2.02. The number of carbonyl (C=O) groups excluding carboxylic acids is 3. The van der Waals surface area contributed by atoms with E-state index in [0.717, 1.165) is 10.5 Å². The summed E-state index contributed by atoms with van der Waals surface area (Å²) in [5, 5.41) is 2.53. The predicted octanol–water partition coefficient (Wildman–Crippen LogP) is 0.864. The average Bonchev–Trinajstić information content (AvgIpc) is 2.73. The molecule has 0 saturated carbocycles. The van der Waals surface area contributed by atoms with E-state index in [-0.39, 0.29) is 35.9 Å². The van der Waals surface area contributed by atoms with Gasteiger partial charge in [-0.15, -0.1) is 0 Å². The van der Waals surface area contributed by atoms with Crippen LogP contribution in [-0.2, 0) is 15.6 Å². The Kier molecular flexibility index (Phi) is 5.30. The Bertz CT molecular complexity index is 687. The van der Waals surface area contributed by atoms with Crippen LogP contribution in [0, 0.1) is 6.92 Å². The second-order valence-corrected chi connectivity index (χ2v) is 7.48. The van der Waals surface area contributed by atoms with Crippen molar-refractivity contribution in [3.05, 3.63) is 34.9 Å². The summed E-state index contributed by atoms with van der Waals surface area (Å²) in [4.78, 5) is 37.4. The third-order valence-electron chi connectivity index (χ3n) is 3.84. The maximum Gasteiger partial charge on any atom is 0.261 e. The molecule has 0 unspecified atom stereocenters. The van der Waals surface area contributed by atoms with Crippen LogP contribution in [0.5, 0.6) is 0 Å².